The van der Waals surface area contributed by atoms with Crippen molar-refractivity contribution in [3.63, 3.8) is 0 Å². The number of rotatable bonds is 20. The van der Waals surface area contributed by atoms with Crippen molar-refractivity contribution in [2.45, 2.75) is 89.8 Å². The predicted molar refractivity (Wildman–Crippen MR) is 117 cm³/mol. The second kappa shape index (κ2) is 19.6. The first-order chi connectivity index (χ1) is 14.8. The van der Waals surface area contributed by atoms with Crippen molar-refractivity contribution >= 4 is 13.8 Å². The van der Waals surface area contributed by atoms with E-state index in [9.17, 15) is 14.5 Å². The molecule has 0 saturated carbocycles. The highest BCUT2D eigenvalue weighted by Gasteiger charge is 2.17. The lowest BCUT2D eigenvalue weighted by Crippen LogP contribution is -2.23. The summed E-state index contributed by atoms with van der Waals surface area (Å²) in [4.78, 5) is 33.0. The maximum Gasteiger partial charge on any atom is 0.469 e. The van der Waals surface area contributed by atoms with Gasteiger partial charge >= 0.3 is 13.8 Å². The molecule has 31 heavy (non-hydrogen) atoms. The van der Waals surface area contributed by atoms with Gasteiger partial charge in [0, 0.05) is 6.42 Å². The van der Waals surface area contributed by atoms with E-state index in [-0.39, 0.29) is 19.1 Å². The van der Waals surface area contributed by atoms with Crippen LogP contribution in [0.15, 0.2) is 24.3 Å². The summed E-state index contributed by atoms with van der Waals surface area (Å²) in [5.74, 6) is -0.454. The molecule has 4 N–H and O–H groups in total. The van der Waals surface area contributed by atoms with Crippen molar-refractivity contribution in [2.24, 2.45) is 0 Å². The van der Waals surface area contributed by atoms with E-state index in [1.165, 1.54) is 0 Å². The smallest absolute Gasteiger partial charge is 0.463 e. The number of allylic oxidation sites excluding steroid dienone is 3. The minimum Gasteiger partial charge on any atom is -0.463 e. The van der Waals surface area contributed by atoms with Gasteiger partial charge in [-0.1, -0.05) is 69.8 Å². The summed E-state index contributed by atoms with van der Waals surface area (Å²) in [5, 5.41) is 18.3. The molecule has 0 aliphatic rings. The van der Waals surface area contributed by atoms with Crippen LogP contribution in [0.5, 0.6) is 0 Å². The molecule has 0 bridgehead atoms. The maximum atomic E-state index is 11.6. The number of hydrogen-bond donors (Lipinski definition) is 4. The summed E-state index contributed by atoms with van der Waals surface area (Å²) in [7, 11) is -4.64. The monoisotopic (exact) mass is 466 g/mol. The summed E-state index contributed by atoms with van der Waals surface area (Å²) >= 11 is 0. The molecule has 0 heterocycles. The highest BCUT2D eigenvalue weighted by molar-refractivity contribution is 7.46. The highest BCUT2D eigenvalue weighted by Crippen LogP contribution is 2.35. The molecule has 9 nitrogen and oxygen atoms in total. The summed E-state index contributed by atoms with van der Waals surface area (Å²) in [6.07, 6.45) is 16.3. The van der Waals surface area contributed by atoms with Gasteiger partial charge in [0.25, 0.3) is 0 Å². The van der Waals surface area contributed by atoms with E-state index >= 15 is 0 Å². The van der Waals surface area contributed by atoms with Crippen molar-refractivity contribution in [1.29, 1.82) is 0 Å². The Bertz CT molecular complexity index is 545. The van der Waals surface area contributed by atoms with Gasteiger partial charge in [0.2, 0.25) is 0 Å². The van der Waals surface area contributed by atoms with E-state index in [0.29, 0.717) is 6.42 Å². The third kappa shape index (κ3) is 21.9. The van der Waals surface area contributed by atoms with Gasteiger partial charge in [-0.05, 0) is 25.7 Å². The van der Waals surface area contributed by atoms with Crippen LogP contribution < -0.4 is 0 Å². The van der Waals surface area contributed by atoms with E-state index in [4.69, 9.17) is 19.8 Å². The number of aliphatic hydroxyl groups excluding tert-OH is 1. The second-order valence-electron chi connectivity index (χ2n) is 7.38. The fourth-order valence-electron chi connectivity index (χ4n) is 2.70. The van der Waals surface area contributed by atoms with E-state index < -0.39 is 26.5 Å². The standard InChI is InChI=1S/C21H39O9P/c1-2-3-11-14-20(30-24)15-12-9-7-5-4-6-8-10-13-16-21(23)28-17-19(22)18-29-31(25,26)27/h7,9,12,15,19-20,22,24H,2-6,8,10-11,13-14,16-18H2,1H3,(H2,25,26,27)/b9-7-,15-12+. The van der Waals surface area contributed by atoms with Crippen LogP contribution in [0.3, 0.4) is 0 Å². The van der Waals surface area contributed by atoms with Crippen LogP contribution in [-0.2, 0) is 23.5 Å². The number of esters is 1. The number of ether oxygens (including phenoxy) is 1. The molecule has 182 valence electrons. The topological polar surface area (TPSA) is 143 Å². The Morgan fingerprint density at radius 1 is 1.00 bits per heavy atom. The fourth-order valence-corrected chi connectivity index (χ4v) is 3.06. The van der Waals surface area contributed by atoms with Gasteiger partial charge in [-0.2, -0.15) is 0 Å². The van der Waals surface area contributed by atoms with Gasteiger partial charge < -0.3 is 19.6 Å². The number of phosphoric ester groups is 1. The van der Waals surface area contributed by atoms with Crippen LogP contribution in [-0.4, -0.2) is 51.5 Å². The molecule has 2 unspecified atom stereocenters. The molecule has 0 radical (unpaired) electrons. The van der Waals surface area contributed by atoms with Crippen LogP contribution in [0.1, 0.15) is 77.6 Å². The van der Waals surface area contributed by atoms with Crippen molar-refractivity contribution in [2.75, 3.05) is 13.2 Å². The molecular weight excluding hydrogens is 427 g/mol. The van der Waals surface area contributed by atoms with Crippen LogP contribution in [0.4, 0.5) is 0 Å². The predicted octanol–water partition coefficient (Wildman–Crippen LogP) is 4.28. The number of aliphatic hydroxyl groups is 1. The number of phosphoric acid groups is 1. The third-order valence-electron chi connectivity index (χ3n) is 4.42. The van der Waals surface area contributed by atoms with Crippen molar-refractivity contribution < 1.29 is 43.7 Å². The Kier molecular flexibility index (Phi) is 18.9. The maximum absolute atomic E-state index is 11.6. The van der Waals surface area contributed by atoms with Crippen LogP contribution in [0, 0.1) is 0 Å². The molecule has 10 heteroatoms. The first kappa shape index (κ1) is 29.9. The van der Waals surface area contributed by atoms with Crippen molar-refractivity contribution in [1.82, 2.24) is 0 Å². The number of carbonyl (C=O) groups excluding carboxylic acids is 1. The second-order valence-corrected chi connectivity index (χ2v) is 8.62. The van der Waals surface area contributed by atoms with E-state index in [1.807, 2.05) is 18.2 Å². The molecule has 0 aromatic rings. The highest BCUT2D eigenvalue weighted by atomic mass is 31.2. The average Bonchev–Trinajstić information content (AvgIpc) is 2.72. The lowest BCUT2D eigenvalue weighted by atomic mass is 10.1. The Balaban J connectivity index is 3.61. The van der Waals surface area contributed by atoms with Crippen molar-refractivity contribution in [3.8, 4) is 0 Å². The quantitative estimate of drug-likeness (QED) is 0.0516. The Morgan fingerprint density at radius 2 is 1.71 bits per heavy atom. The van der Waals surface area contributed by atoms with Crippen LogP contribution in [0.2, 0.25) is 0 Å². The SMILES string of the molecule is CCCCCC(/C=C/C=C\CCCCCCCC(=O)OCC(O)COP(=O)(O)O)OO. The van der Waals surface area contributed by atoms with Crippen molar-refractivity contribution in [3.05, 3.63) is 24.3 Å². The minimum absolute atomic E-state index is 0.239. The lowest BCUT2D eigenvalue weighted by Gasteiger charge is -2.12. The zero-order valence-corrected chi connectivity index (χ0v) is 19.3. The summed E-state index contributed by atoms with van der Waals surface area (Å²) in [6.45, 7) is 1.17. The zero-order chi connectivity index (χ0) is 23.4. The molecule has 0 aromatic heterocycles. The van der Waals surface area contributed by atoms with Gasteiger partial charge in [0.15, 0.2) is 0 Å². The molecule has 0 spiro atoms. The molecule has 0 aliphatic carbocycles. The Morgan fingerprint density at radius 3 is 2.39 bits per heavy atom. The normalized spacial score (nSPS) is 14.4. The fraction of sp³-hybridized carbons (Fsp3) is 0.762. The largest absolute Gasteiger partial charge is 0.469 e. The number of hydrogen-bond acceptors (Lipinski definition) is 7. The molecule has 0 aromatic carbocycles. The summed E-state index contributed by atoms with van der Waals surface area (Å²) in [5.41, 5.74) is 0. The first-order valence-corrected chi connectivity index (χ1v) is 12.5. The number of carbonyl (C=O) groups is 1. The van der Waals surface area contributed by atoms with Crippen LogP contribution >= 0.6 is 7.82 Å². The van der Waals surface area contributed by atoms with Gasteiger partial charge in [-0.25, -0.2) is 9.45 Å². The van der Waals surface area contributed by atoms with Gasteiger partial charge in [-0.3, -0.25) is 14.6 Å². The minimum atomic E-state index is -4.64. The Labute approximate surface area is 185 Å². The van der Waals surface area contributed by atoms with E-state index in [0.717, 1.165) is 57.8 Å². The third-order valence-corrected chi connectivity index (χ3v) is 4.91. The van der Waals surface area contributed by atoms with Crippen LogP contribution in [0.25, 0.3) is 0 Å². The summed E-state index contributed by atoms with van der Waals surface area (Å²) < 4.78 is 19.5. The molecule has 0 amide bonds. The Hall–Kier alpha value is -1.06. The van der Waals surface area contributed by atoms with E-state index in [2.05, 4.69) is 22.4 Å². The van der Waals surface area contributed by atoms with Gasteiger partial charge in [-0.15, -0.1) is 0 Å². The summed E-state index contributed by atoms with van der Waals surface area (Å²) in [6, 6.07) is 0. The number of unbranched alkanes of at least 4 members (excludes halogenated alkanes) is 7. The molecule has 0 saturated heterocycles. The molecule has 2 atom stereocenters. The van der Waals surface area contributed by atoms with Gasteiger partial charge in [0.1, 0.15) is 18.8 Å². The lowest BCUT2D eigenvalue weighted by molar-refractivity contribution is -0.267. The molecule has 0 aliphatic heterocycles. The zero-order valence-electron chi connectivity index (χ0n) is 18.4. The molecular formula is C21H39O9P. The first-order valence-electron chi connectivity index (χ1n) is 11.0. The average molecular weight is 467 g/mol. The van der Waals surface area contributed by atoms with Gasteiger partial charge in [0.05, 0.1) is 6.61 Å². The van der Waals surface area contributed by atoms with E-state index in [1.54, 1.807) is 0 Å². The molecule has 0 fully saturated rings. The molecule has 0 rings (SSSR count).